The largest absolute Gasteiger partial charge is 0.387 e. The van der Waals surface area contributed by atoms with Gasteiger partial charge in [0.15, 0.2) is 0 Å². The average molecular weight is 398 g/mol. The van der Waals surface area contributed by atoms with Crippen LogP contribution in [0.1, 0.15) is 23.7 Å². The van der Waals surface area contributed by atoms with Crippen molar-refractivity contribution in [2.24, 2.45) is 0 Å². The van der Waals surface area contributed by atoms with Gasteiger partial charge in [0, 0.05) is 54.7 Å². The van der Waals surface area contributed by atoms with E-state index in [2.05, 4.69) is 32.2 Å². The second kappa shape index (κ2) is 7.11. The van der Waals surface area contributed by atoms with Gasteiger partial charge in [0.05, 0.1) is 37.2 Å². The topological polar surface area (TPSA) is 71.0 Å². The Morgan fingerprint density at radius 2 is 2.07 bits per heavy atom. The first-order chi connectivity index (χ1) is 14.1. The third kappa shape index (κ3) is 2.93. The summed E-state index contributed by atoms with van der Waals surface area (Å²) < 4.78 is 22.2. The summed E-state index contributed by atoms with van der Waals surface area (Å²) in [5.41, 5.74) is 5.98. The molecule has 154 valence electrons. The first-order valence-corrected chi connectivity index (χ1v) is 10.2. The molecule has 0 amide bonds. The number of alkyl halides is 1. The molecule has 2 atom stereocenters. The van der Waals surface area contributed by atoms with E-state index in [-0.39, 0.29) is 6.04 Å². The predicted molar refractivity (Wildman–Crippen MR) is 111 cm³/mol. The number of anilines is 1. The number of aryl methyl sites for hydroxylation is 1. The number of hydrogen-bond acceptors (Lipinski definition) is 5. The van der Waals surface area contributed by atoms with Crippen LogP contribution in [0.2, 0.25) is 0 Å². The molecule has 0 radical (unpaired) electrons. The number of fused-ring (bicyclic) bond motifs is 1. The first kappa shape index (κ1) is 18.6. The van der Waals surface area contributed by atoms with Gasteiger partial charge < -0.3 is 15.0 Å². The number of aromatic nitrogens is 4. The summed E-state index contributed by atoms with van der Waals surface area (Å²) >= 11 is 0. The normalized spacial score (nSPS) is 23.4. The summed E-state index contributed by atoms with van der Waals surface area (Å²) in [5, 5.41) is 9.02. The standard InChI is InChI=1S/C21H27FN6O/c1-12-6-24-21-19(12)20(23-3)16(7-25-21)15-8-26-28(13(15)2)18-4-5-27(9-17(18)22)14-10-29-11-14/h6-8,14,17-18H,4-5,9-11H2,1-3H3,(H2,23,24,25)/t17-,18-/m0/s1. The fourth-order valence-electron chi connectivity index (χ4n) is 4.70. The molecular weight excluding hydrogens is 371 g/mol. The minimum atomic E-state index is -0.938. The van der Waals surface area contributed by atoms with Gasteiger partial charge >= 0.3 is 0 Å². The summed E-state index contributed by atoms with van der Waals surface area (Å²) in [6, 6.07) is 0.147. The zero-order valence-corrected chi connectivity index (χ0v) is 17.1. The second-order valence-electron chi connectivity index (χ2n) is 8.14. The van der Waals surface area contributed by atoms with Crippen LogP contribution in [0.15, 0.2) is 18.6 Å². The van der Waals surface area contributed by atoms with Gasteiger partial charge in [-0.15, -0.1) is 0 Å². The zero-order valence-electron chi connectivity index (χ0n) is 17.1. The number of aromatic amines is 1. The highest BCUT2D eigenvalue weighted by atomic mass is 19.1. The summed E-state index contributed by atoms with van der Waals surface area (Å²) in [7, 11) is 1.92. The predicted octanol–water partition coefficient (Wildman–Crippen LogP) is 3.07. The van der Waals surface area contributed by atoms with Crippen LogP contribution < -0.4 is 5.32 Å². The van der Waals surface area contributed by atoms with Gasteiger partial charge in [-0.1, -0.05) is 0 Å². The number of halogens is 1. The van der Waals surface area contributed by atoms with Gasteiger partial charge in [0.2, 0.25) is 0 Å². The quantitative estimate of drug-likeness (QED) is 0.707. The number of ether oxygens (including phenoxy) is 1. The van der Waals surface area contributed by atoms with Crippen molar-refractivity contribution >= 4 is 16.7 Å². The smallest absolute Gasteiger partial charge is 0.139 e. The van der Waals surface area contributed by atoms with E-state index in [1.165, 1.54) is 0 Å². The minimum Gasteiger partial charge on any atom is -0.387 e. The molecule has 5 heterocycles. The van der Waals surface area contributed by atoms with Crippen LogP contribution in [-0.4, -0.2) is 70.2 Å². The van der Waals surface area contributed by atoms with Crippen LogP contribution in [0, 0.1) is 13.8 Å². The molecule has 0 spiro atoms. The lowest BCUT2D eigenvalue weighted by Gasteiger charge is -2.42. The van der Waals surface area contributed by atoms with Gasteiger partial charge in [-0.05, 0) is 25.8 Å². The molecule has 2 saturated heterocycles. The minimum absolute atomic E-state index is 0.232. The number of nitrogens with zero attached hydrogens (tertiary/aromatic N) is 4. The van der Waals surface area contributed by atoms with E-state index in [1.54, 1.807) is 0 Å². The van der Waals surface area contributed by atoms with Gasteiger partial charge in [-0.2, -0.15) is 5.10 Å². The van der Waals surface area contributed by atoms with Gasteiger partial charge in [0.25, 0.3) is 0 Å². The maximum Gasteiger partial charge on any atom is 0.139 e. The van der Waals surface area contributed by atoms with Crippen LogP contribution in [0.5, 0.6) is 0 Å². The lowest BCUT2D eigenvalue weighted by atomic mass is 9.99. The molecule has 0 aromatic carbocycles. The Morgan fingerprint density at radius 3 is 2.76 bits per heavy atom. The molecule has 2 aliphatic heterocycles. The van der Waals surface area contributed by atoms with Gasteiger partial charge in [0.1, 0.15) is 11.8 Å². The van der Waals surface area contributed by atoms with Crippen molar-refractivity contribution in [3.8, 4) is 11.1 Å². The Kier molecular flexibility index (Phi) is 4.55. The molecule has 8 heteroatoms. The Hall–Kier alpha value is -2.45. The molecule has 5 rings (SSSR count). The molecule has 29 heavy (non-hydrogen) atoms. The lowest BCUT2D eigenvalue weighted by Crippen LogP contribution is -2.55. The van der Waals surface area contributed by atoms with E-state index in [9.17, 15) is 0 Å². The number of H-pyrrole nitrogens is 1. The van der Waals surface area contributed by atoms with Crippen molar-refractivity contribution in [1.82, 2.24) is 24.6 Å². The van der Waals surface area contributed by atoms with Crippen LogP contribution in [-0.2, 0) is 4.74 Å². The molecule has 0 bridgehead atoms. The SMILES string of the molecule is CNc1c(-c2cnn([C@H]3CCN(C4COC4)C[C@@H]3F)c2C)cnc2[nH]cc(C)c12. The van der Waals surface area contributed by atoms with Crippen LogP contribution >= 0.6 is 0 Å². The van der Waals surface area contributed by atoms with Crippen LogP contribution in [0.25, 0.3) is 22.2 Å². The number of piperidine rings is 1. The molecule has 2 fully saturated rings. The molecule has 2 N–H and O–H groups in total. The van der Waals surface area contributed by atoms with E-state index in [1.807, 2.05) is 37.2 Å². The van der Waals surface area contributed by atoms with Crippen molar-refractivity contribution in [2.45, 2.75) is 38.5 Å². The molecule has 0 unspecified atom stereocenters. The Balaban J connectivity index is 1.47. The molecular formula is C21H27FN6O. The van der Waals surface area contributed by atoms with Gasteiger partial charge in [-0.25, -0.2) is 9.37 Å². The molecule has 2 aliphatic rings. The maximum absolute atomic E-state index is 15.1. The van der Waals surface area contributed by atoms with Crippen molar-refractivity contribution in [3.05, 3.63) is 29.8 Å². The first-order valence-electron chi connectivity index (χ1n) is 10.2. The van der Waals surface area contributed by atoms with E-state index in [0.717, 1.165) is 65.3 Å². The lowest BCUT2D eigenvalue weighted by molar-refractivity contribution is -0.0848. The number of nitrogens with one attached hydrogen (secondary N) is 2. The number of pyridine rings is 1. The third-order valence-electron chi connectivity index (χ3n) is 6.47. The Labute approximate surface area is 169 Å². The van der Waals surface area contributed by atoms with Crippen LogP contribution in [0.3, 0.4) is 0 Å². The van der Waals surface area contributed by atoms with Crippen molar-refractivity contribution in [2.75, 3.05) is 38.7 Å². The summed E-state index contributed by atoms with van der Waals surface area (Å²) in [4.78, 5) is 10.0. The Morgan fingerprint density at radius 1 is 1.24 bits per heavy atom. The molecule has 0 saturated carbocycles. The van der Waals surface area contributed by atoms with E-state index in [0.29, 0.717) is 12.6 Å². The molecule has 3 aromatic heterocycles. The van der Waals surface area contributed by atoms with Crippen molar-refractivity contribution < 1.29 is 9.13 Å². The summed E-state index contributed by atoms with van der Waals surface area (Å²) in [6.45, 7) is 6.87. The maximum atomic E-state index is 15.1. The second-order valence-corrected chi connectivity index (χ2v) is 8.14. The monoisotopic (exact) mass is 398 g/mol. The van der Waals surface area contributed by atoms with Crippen molar-refractivity contribution in [1.29, 1.82) is 0 Å². The fourth-order valence-corrected chi connectivity index (χ4v) is 4.70. The highest BCUT2D eigenvalue weighted by molar-refractivity contribution is 6.00. The van der Waals surface area contributed by atoms with Crippen molar-refractivity contribution in [3.63, 3.8) is 0 Å². The Bertz CT molecular complexity index is 1040. The molecule has 0 aliphatic carbocycles. The van der Waals surface area contributed by atoms with Gasteiger partial charge in [-0.3, -0.25) is 9.58 Å². The van der Waals surface area contributed by atoms with Crippen LogP contribution in [0.4, 0.5) is 10.1 Å². The van der Waals surface area contributed by atoms with E-state index in [4.69, 9.17) is 4.74 Å². The fraction of sp³-hybridized carbons (Fsp3) is 0.524. The molecule has 7 nitrogen and oxygen atoms in total. The molecule has 3 aromatic rings. The third-order valence-corrected chi connectivity index (χ3v) is 6.47. The van der Waals surface area contributed by atoms with E-state index >= 15 is 4.39 Å². The highest BCUT2D eigenvalue weighted by Crippen LogP contribution is 2.38. The summed E-state index contributed by atoms with van der Waals surface area (Å²) in [6.07, 6.45) is 5.50. The zero-order chi connectivity index (χ0) is 20.1. The highest BCUT2D eigenvalue weighted by Gasteiger charge is 2.37. The number of likely N-dealkylation sites (tertiary alicyclic amines) is 1. The average Bonchev–Trinajstić information content (AvgIpc) is 3.23. The summed E-state index contributed by atoms with van der Waals surface area (Å²) in [5.74, 6) is 0. The number of rotatable bonds is 4. The number of hydrogen-bond donors (Lipinski definition) is 2. The van der Waals surface area contributed by atoms with E-state index < -0.39 is 6.17 Å².